The Morgan fingerprint density at radius 1 is 1.20 bits per heavy atom. The Labute approximate surface area is 126 Å². The van der Waals surface area contributed by atoms with Crippen molar-refractivity contribution in [2.24, 2.45) is 0 Å². The van der Waals surface area contributed by atoms with Crippen LogP contribution in [0.25, 0.3) is 0 Å². The summed E-state index contributed by atoms with van der Waals surface area (Å²) in [5.74, 6) is 1.30. The first-order valence-electron chi connectivity index (χ1n) is 6.14. The Morgan fingerprint density at radius 3 is 2.60 bits per heavy atom. The van der Waals surface area contributed by atoms with Crippen LogP contribution in [0.3, 0.4) is 0 Å². The molecule has 0 saturated heterocycles. The standard InChI is InChI=1S/C15H16BrNO3/c1-19-12-4-5-13(16)11(7-12)8-14(18)10-3-6-15(20-2)17-9-10/h3-7,9,14,18H,8H2,1-2H3. The number of aromatic nitrogens is 1. The number of halogens is 1. The lowest BCUT2D eigenvalue weighted by Gasteiger charge is -2.13. The Balaban J connectivity index is 2.15. The van der Waals surface area contributed by atoms with Crippen molar-refractivity contribution in [1.29, 1.82) is 0 Å². The van der Waals surface area contributed by atoms with Gasteiger partial charge in [0, 0.05) is 23.2 Å². The van der Waals surface area contributed by atoms with Gasteiger partial charge >= 0.3 is 0 Å². The number of ether oxygens (including phenoxy) is 2. The van der Waals surface area contributed by atoms with E-state index in [2.05, 4.69) is 20.9 Å². The van der Waals surface area contributed by atoms with Crippen molar-refractivity contribution >= 4 is 15.9 Å². The first-order chi connectivity index (χ1) is 9.63. The van der Waals surface area contributed by atoms with E-state index >= 15 is 0 Å². The van der Waals surface area contributed by atoms with Crippen LogP contribution in [-0.2, 0) is 6.42 Å². The topological polar surface area (TPSA) is 51.6 Å². The Morgan fingerprint density at radius 2 is 2.00 bits per heavy atom. The Bertz CT molecular complexity index is 572. The summed E-state index contributed by atoms with van der Waals surface area (Å²) in [6, 6.07) is 9.23. The Kier molecular flexibility index (Phi) is 4.98. The average Bonchev–Trinajstić information content (AvgIpc) is 2.49. The molecule has 0 bridgehead atoms. The lowest BCUT2D eigenvalue weighted by molar-refractivity contribution is 0.177. The monoisotopic (exact) mass is 337 g/mol. The number of rotatable bonds is 5. The van der Waals surface area contributed by atoms with Crippen LogP contribution in [0.4, 0.5) is 0 Å². The van der Waals surface area contributed by atoms with Gasteiger partial charge < -0.3 is 14.6 Å². The zero-order valence-electron chi connectivity index (χ0n) is 11.3. The normalized spacial score (nSPS) is 12.0. The summed E-state index contributed by atoms with van der Waals surface area (Å²) in [4.78, 5) is 4.10. The van der Waals surface area contributed by atoms with Gasteiger partial charge in [-0.3, -0.25) is 0 Å². The predicted octanol–water partition coefficient (Wildman–Crippen LogP) is 3.14. The minimum absolute atomic E-state index is 0.478. The van der Waals surface area contributed by atoms with Crippen LogP contribution in [0.2, 0.25) is 0 Å². The van der Waals surface area contributed by atoms with Crippen LogP contribution in [-0.4, -0.2) is 24.3 Å². The highest BCUT2D eigenvalue weighted by Crippen LogP contribution is 2.27. The molecule has 0 saturated carbocycles. The molecule has 5 heteroatoms. The van der Waals surface area contributed by atoms with Gasteiger partial charge in [-0.1, -0.05) is 15.9 Å². The van der Waals surface area contributed by atoms with Gasteiger partial charge in [-0.25, -0.2) is 4.98 Å². The summed E-state index contributed by atoms with van der Waals surface area (Å²) in [5, 5.41) is 10.3. The van der Waals surface area contributed by atoms with E-state index in [0.717, 1.165) is 21.3 Å². The van der Waals surface area contributed by atoms with Gasteiger partial charge in [0.2, 0.25) is 5.88 Å². The molecule has 1 unspecified atom stereocenters. The largest absolute Gasteiger partial charge is 0.497 e. The van der Waals surface area contributed by atoms with Crippen LogP contribution in [0.5, 0.6) is 11.6 Å². The zero-order chi connectivity index (χ0) is 14.5. The van der Waals surface area contributed by atoms with Crippen LogP contribution < -0.4 is 9.47 Å². The molecule has 0 spiro atoms. The summed E-state index contributed by atoms with van der Waals surface area (Å²) in [5.41, 5.74) is 1.73. The van der Waals surface area contributed by atoms with Gasteiger partial charge in [-0.2, -0.15) is 0 Å². The number of nitrogens with zero attached hydrogens (tertiary/aromatic N) is 1. The summed E-state index contributed by atoms with van der Waals surface area (Å²) >= 11 is 3.48. The number of aliphatic hydroxyl groups excluding tert-OH is 1. The highest BCUT2D eigenvalue weighted by molar-refractivity contribution is 9.10. The minimum Gasteiger partial charge on any atom is -0.497 e. The van der Waals surface area contributed by atoms with E-state index in [9.17, 15) is 5.11 Å². The minimum atomic E-state index is -0.628. The van der Waals surface area contributed by atoms with Gasteiger partial charge in [-0.15, -0.1) is 0 Å². The molecule has 1 aromatic heterocycles. The van der Waals surface area contributed by atoms with Crippen molar-refractivity contribution in [2.75, 3.05) is 14.2 Å². The van der Waals surface area contributed by atoms with E-state index in [4.69, 9.17) is 9.47 Å². The Hall–Kier alpha value is -1.59. The van der Waals surface area contributed by atoms with Crippen molar-refractivity contribution in [3.8, 4) is 11.6 Å². The number of methoxy groups -OCH3 is 2. The molecular formula is C15H16BrNO3. The second kappa shape index (κ2) is 6.72. The third-order valence-electron chi connectivity index (χ3n) is 3.02. The molecule has 1 atom stereocenters. The molecule has 1 aromatic carbocycles. The number of hydrogen-bond acceptors (Lipinski definition) is 4. The maximum atomic E-state index is 10.3. The molecule has 0 aliphatic carbocycles. The third-order valence-corrected chi connectivity index (χ3v) is 3.79. The average molecular weight is 338 g/mol. The van der Waals surface area contributed by atoms with Crippen molar-refractivity contribution in [1.82, 2.24) is 4.98 Å². The third kappa shape index (κ3) is 3.49. The first-order valence-corrected chi connectivity index (χ1v) is 6.93. The number of hydrogen-bond donors (Lipinski definition) is 1. The summed E-state index contributed by atoms with van der Waals surface area (Å²) in [6.45, 7) is 0. The molecule has 0 amide bonds. The van der Waals surface area contributed by atoms with Gasteiger partial charge in [0.1, 0.15) is 5.75 Å². The van der Waals surface area contributed by atoms with Crippen molar-refractivity contribution in [2.45, 2.75) is 12.5 Å². The SMILES string of the molecule is COc1ccc(Br)c(CC(O)c2ccc(OC)nc2)c1. The molecule has 0 radical (unpaired) electrons. The van der Waals surface area contributed by atoms with E-state index in [0.29, 0.717) is 12.3 Å². The summed E-state index contributed by atoms with van der Waals surface area (Å²) in [7, 11) is 3.18. The van der Waals surface area contributed by atoms with Crippen molar-refractivity contribution < 1.29 is 14.6 Å². The molecule has 4 nitrogen and oxygen atoms in total. The van der Waals surface area contributed by atoms with E-state index < -0.39 is 6.10 Å². The number of benzene rings is 1. The molecule has 1 N–H and O–H groups in total. The van der Waals surface area contributed by atoms with E-state index in [-0.39, 0.29) is 0 Å². The molecule has 0 fully saturated rings. The summed E-state index contributed by atoms with van der Waals surface area (Å²) in [6.07, 6.45) is 1.47. The van der Waals surface area contributed by atoms with Crippen molar-refractivity contribution in [3.63, 3.8) is 0 Å². The maximum absolute atomic E-state index is 10.3. The number of pyridine rings is 1. The fraction of sp³-hybridized carbons (Fsp3) is 0.267. The zero-order valence-corrected chi connectivity index (χ0v) is 12.9. The fourth-order valence-corrected chi connectivity index (χ4v) is 2.28. The van der Waals surface area contributed by atoms with Crippen LogP contribution in [0.15, 0.2) is 41.0 Å². The highest BCUT2D eigenvalue weighted by Gasteiger charge is 2.12. The molecule has 106 valence electrons. The van der Waals surface area contributed by atoms with Crippen LogP contribution in [0, 0.1) is 0 Å². The van der Waals surface area contributed by atoms with Crippen LogP contribution >= 0.6 is 15.9 Å². The maximum Gasteiger partial charge on any atom is 0.212 e. The van der Waals surface area contributed by atoms with Crippen molar-refractivity contribution in [3.05, 3.63) is 52.1 Å². The first kappa shape index (κ1) is 14.8. The smallest absolute Gasteiger partial charge is 0.212 e. The highest BCUT2D eigenvalue weighted by atomic mass is 79.9. The van der Waals surface area contributed by atoms with E-state index in [1.165, 1.54) is 0 Å². The van der Waals surface area contributed by atoms with Gasteiger partial charge in [-0.05, 0) is 35.4 Å². The molecule has 0 aliphatic heterocycles. The molecule has 0 aliphatic rings. The molecule has 2 aromatic rings. The quantitative estimate of drug-likeness (QED) is 0.910. The van der Waals surface area contributed by atoms with Gasteiger partial charge in [0.15, 0.2) is 0 Å². The predicted molar refractivity (Wildman–Crippen MR) is 80.1 cm³/mol. The fourth-order valence-electron chi connectivity index (χ4n) is 1.87. The summed E-state index contributed by atoms with van der Waals surface area (Å²) < 4.78 is 11.1. The molecule has 2 rings (SSSR count). The van der Waals surface area contributed by atoms with Gasteiger partial charge in [0.05, 0.1) is 20.3 Å². The van der Waals surface area contributed by atoms with Gasteiger partial charge in [0.25, 0.3) is 0 Å². The lowest BCUT2D eigenvalue weighted by Crippen LogP contribution is -2.03. The molecule has 20 heavy (non-hydrogen) atoms. The lowest BCUT2D eigenvalue weighted by atomic mass is 10.0. The van der Waals surface area contributed by atoms with E-state index in [1.807, 2.05) is 24.3 Å². The second-order valence-electron chi connectivity index (χ2n) is 4.31. The van der Waals surface area contributed by atoms with Crippen LogP contribution in [0.1, 0.15) is 17.2 Å². The second-order valence-corrected chi connectivity index (χ2v) is 5.17. The van der Waals surface area contributed by atoms with E-state index in [1.54, 1.807) is 26.5 Å². The number of aliphatic hydroxyl groups is 1. The molecule has 1 heterocycles. The molecular weight excluding hydrogens is 322 g/mol.